The lowest BCUT2D eigenvalue weighted by molar-refractivity contribution is 0.122. The molecule has 0 aliphatic carbocycles. The number of ether oxygens (including phenoxy) is 1. The molecule has 6 rings (SSSR count). The zero-order valence-corrected chi connectivity index (χ0v) is 18.2. The number of fused-ring (bicyclic) bond motifs is 2. The van der Waals surface area contributed by atoms with Gasteiger partial charge in [-0.3, -0.25) is 9.25 Å². The van der Waals surface area contributed by atoms with Crippen LogP contribution >= 0.6 is 0 Å². The van der Waals surface area contributed by atoms with Gasteiger partial charge in [0.25, 0.3) is 0 Å². The number of morpholine rings is 1. The SMILES string of the molecule is Cn1cc(-n2cnc3c(NCc4nc5c(F)c(F)ccc5[nH]4)nc(N4CCOCC4)nc32)cn1. The third kappa shape index (κ3) is 3.50. The molecule has 5 aromatic rings. The van der Waals surface area contributed by atoms with E-state index in [-0.39, 0.29) is 12.1 Å². The number of aromatic nitrogens is 8. The number of imidazole rings is 2. The molecule has 1 aliphatic rings. The maximum Gasteiger partial charge on any atom is 0.229 e. The van der Waals surface area contributed by atoms with Gasteiger partial charge < -0.3 is 19.9 Å². The zero-order valence-electron chi connectivity index (χ0n) is 18.2. The van der Waals surface area contributed by atoms with Crippen LogP contribution in [0.15, 0.2) is 30.9 Å². The number of aryl methyl sites for hydroxylation is 1. The molecule has 5 heterocycles. The molecule has 1 saturated heterocycles. The molecule has 0 amide bonds. The largest absolute Gasteiger partial charge is 0.378 e. The van der Waals surface area contributed by atoms with Gasteiger partial charge >= 0.3 is 0 Å². The maximum absolute atomic E-state index is 14.1. The Bertz CT molecular complexity index is 1500. The molecular weight excluding hydrogens is 446 g/mol. The maximum atomic E-state index is 14.1. The summed E-state index contributed by atoms with van der Waals surface area (Å²) in [5.74, 6) is -0.435. The minimum absolute atomic E-state index is 0.0421. The Morgan fingerprint density at radius 1 is 1.12 bits per heavy atom. The lowest BCUT2D eigenvalue weighted by Gasteiger charge is -2.27. The van der Waals surface area contributed by atoms with Crippen molar-refractivity contribution < 1.29 is 13.5 Å². The Labute approximate surface area is 191 Å². The number of nitrogens with one attached hydrogen (secondary N) is 2. The lowest BCUT2D eigenvalue weighted by atomic mass is 10.3. The fraction of sp³-hybridized carbons (Fsp3) is 0.286. The Kier molecular flexibility index (Phi) is 4.83. The molecule has 1 fully saturated rings. The van der Waals surface area contributed by atoms with Crippen molar-refractivity contribution >= 4 is 34.0 Å². The van der Waals surface area contributed by atoms with Crippen LogP contribution in [0.1, 0.15) is 5.82 Å². The predicted molar refractivity (Wildman–Crippen MR) is 120 cm³/mol. The minimum Gasteiger partial charge on any atom is -0.378 e. The molecule has 0 bridgehead atoms. The summed E-state index contributed by atoms with van der Waals surface area (Å²) in [6.45, 7) is 2.71. The quantitative estimate of drug-likeness (QED) is 0.405. The molecule has 13 heteroatoms. The molecule has 11 nitrogen and oxygen atoms in total. The second-order valence-corrected chi connectivity index (χ2v) is 7.93. The van der Waals surface area contributed by atoms with E-state index in [0.717, 1.165) is 11.8 Å². The fourth-order valence-electron chi connectivity index (χ4n) is 3.96. The third-order valence-corrected chi connectivity index (χ3v) is 5.67. The highest BCUT2D eigenvalue weighted by Crippen LogP contribution is 2.26. The lowest BCUT2D eigenvalue weighted by Crippen LogP contribution is -2.37. The molecule has 0 radical (unpaired) electrons. The number of aromatic amines is 1. The van der Waals surface area contributed by atoms with E-state index < -0.39 is 11.6 Å². The molecule has 1 aromatic carbocycles. The molecule has 0 saturated carbocycles. The molecular formula is C21H20F2N10O. The van der Waals surface area contributed by atoms with Crippen molar-refractivity contribution in [3.63, 3.8) is 0 Å². The van der Waals surface area contributed by atoms with E-state index in [2.05, 4.69) is 25.4 Å². The van der Waals surface area contributed by atoms with E-state index >= 15 is 0 Å². The first-order valence-electron chi connectivity index (χ1n) is 10.7. The van der Waals surface area contributed by atoms with Gasteiger partial charge in [0.05, 0.1) is 37.2 Å². The van der Waals surface area contributed by atoms with Gasteiger partial charge in [-0.1, -0.05) is 0 Å². The van der Waals surface area contributed by atoms with Crippen LogP contribution in [0.5, 0.6) is 0 Å². The standard InChI is InChI=1S/C21H20F2N10O/c1-31-10-12(8-26-31)33-11-25-18-19(29-21(30-20(18)33)32-4-6-34-7-5-32)24-9-15-27-14-3-2-13(22)16(23)17(14)28-15/h2-3,8,10-11H,4-7,9H2,1H3,(H,27,28)(H,24,29,30). The number of H-pyrrole nitrogens is 1. The smallest absolute Gasteiger partial charge is 0.229 e. The van der Waals surface area contributed by atoms with Crippen LogP contribution in [0.2, 0.25) is 0 Å². The zero-order chi connectivity index (χ0) is 23.2. The van der Waals surface area contributed by atoms with Crippen LogP contribution in [-0.2, 0) is 18.3 Å². The summed E-state index contributed by atoms with van der Waals surface area (Å²) in [6.07, 6.45) is 5.27. The van der Waals surface area contributed by atoms with Gasteiger partial charge in [-0.2, -0.15) is 15.1 Å². The highest BCUT2D eigenvalue weighted by molar-refractivity contribution is 5.85. The van der Waals surface area contributed by atoms with E-state index in [1.54, 1.807) is 17.2 Å². The Morgan fingerprint density at radius 3 is 2.76 bits per heavy atom. The molecule has 4 aromatic heterocycles. The van der Waals surface area contributed by atoms with Gasteiger partial charge in [0.15, 0.2) is 28.6 Å². The summed E-state index contributed by atoms with van der Waals surface area (Å²) in [5, 5.41) is 7.47. The van der Waals surface area contributed by atoms with Crippen LogP contribution in [-0.4, -0.2) is 65.6 Å². The van der Waals surface area contributed by atoms with E-state index in [1.165, 1.54) is 6.07 Å². The molecule has 0 unspecified atom stereocenters. The second kappa shape index (κ2) is 8.02. The van der Waals surface area contributed by atoms with Crippen molar-refractivity contribution in [2.45, 2.75) is 6.54 Å². The molecule has 2 N–H and O–H groups in total. The van der Waals surface area contributed by atoms with E-state index in [1.807, 2.05) is 22.7 Å². The Morgan fingerprint density at radius 2 is 1.97 bits per heavy atom. The van der Waals surface area contributed by atoms with Gasteiger partial charge in [-0.05, 0) is 12.1 Å². The molecule has 0 spiro atoms. The minimum atomic E-state index is -0.978. The van der Waals surface area contributed by atoms with Crippen molar-refractivity contribution in [2.75, 3.05) is 36.5 Å². The van der Waals surface area contributed by atoms with Gasteiger partial charge in [0.1, 0.15) is 17.7 Å². The number of halogens is 2. The van der Waals surface area contributed by atoms with Crippen molar-refractivity contribution in [1.82, 2.24) is 39.3 Å². The number of anilines is 2. The summed E-state index contributed by atoms with van der Waals surface area (Å²) in [4.78, 5) is 23.3. The normalized spacial score (nSPS) is 14.4. The van der Waals surface area contributed by atoms with Crippen LogP contribution < -0.4 is 10.2 Å². The first kappa shape index (κ1) is 20.5. The van der Waals surface area contributed by atoms with Crippen molar-refractivity contribution in [3.05, 3.63) is 48.3 Å². The number of rotatable bonds is 5. The van der Waals surface area contributed by atoms with Crippen LogP contribution in [0.4, 0.5) is 20.5 Å². The van der Waals surface area contributed by atoms with Crippen molar-refractivity contribution in [3.8, 4) is 5.69 Å². The first-order chi connectivity index (χ1) is 16.6. The molecule has 174 valence electrons. The second-order valence-electron chi connectivity index (χ2n) is 7.93. The highest BCUT2D eigenvalue weighted by atomic mass is 19.2. The van der Waals surface area contributed by atoms with Gasteiger partial charge in [0.2, 0.25) is 5.95 Å². The van der Waals surface area contributed by atoms with Gasteiger partial charge in [-0.15, -0.1) is 0 Å². The predicted octanol–water partition coefficient (Wildman–Crippen LogP) is 2.15. The summed E-state index contributed by atoms with van der Waals surface area (Å²) in [5.41, 5.74) is 2.37. The molecule has 34 heavy (non-hydrogen) atoms. The van der Waals surface area contributed by atoms with Crippen LogP contribution in [0.3, 0.4) is 0 Å². The van der Waals surface area contributed by atoms with Gasteiger partial charge in [0, 0.05) is 26.3 Å². The Hall–Kier alpha value is -4.13. The Balaban J connectivity index is 1.39. The average molecular weight is 466 g/mol. The van der Waals surface area contributed by atoms with E-state index in [9.17, 15) is 8.78 Å². The van der Waals surface area contributed by atoms with Crippen LogP contribution in [0, 0.1) is 11.6 Å². The average Bonchev–Trinajstić information content (AvgIpc) is 3.58. The monoisotopic (exact) mass is 466 g/mol. The fourth-order valence-corrected chi connectivity index (χ4v) is 3.96. The number of nitrogens with zero attached hydrogens (tertiary/aromatic N) is 8. The first-order valence-corrected chi connectivity index (χ1v) is 10.7. The number of hydrogen-bond donors (Lipinski definition) is 2. The summed E-state index contributed by atoms with van der Waals surface area (Å²) in [7, 11) is 1.84. The van der Waals surface area contributed by atoms with Gasteiger partial charge in [-0.25, -0.2) is 18.7 Å². The van der Waals surface area contributed by atoms with Crippen LogP contribution in [0.25, 0.3) is 27.9 Å². The number of hydrogen-bond acceptors (Lipinski definition) is 8. The van der Waals surface area contributed by atoms with E-state index in [0.29, 0.717) is 60.6 Å². The third-order valence-electron chi connectivity index (χ3n) is 5.67. The molecule has 0 atom stereocenters. The summed E-state index contributed by atoms with van der Waals surface area (Å²) < 4.78 is 36.6. The number of benzene rings is 1. The highest BCUT2D eigenvalue weighted by Gasteiger charge is 2.20. The van der Waals surface area contributed by atoms with Crippen molar-refractivity contribution in [2.24, 2.45) is 7.05 Å². The van der Waals surface area contributed by atoms with Crippen molar-refractivity contribution in [1.29, 1.82) is 0 Å². The molecule has 1 aliphatic heterocycles. The summed E-state index contributed by atoms with van der Waals surface area (Å²) >= 11 is 0. The topological polar surface area (TPSA) is 115 Å². The van der Waals surface area contributed by atoms with E-state index in [4.69, 9.17) is 14.7 Å². The summed E-state index contributed by atoms with van der Waals surface area (Å²) in [6, 6.07) is 2.53.